The van der Waals surface area contributed by atoms with Crippen molar-refractivity contribution in [2.24, 2.45) is 0 Å². The van der Waals surface area contributed by atoms with Crippen molar-refractivity contribution in [2.75, 3.05) is 14.2 Å². The minimum atomic E-state index is 0.365. The molecule has 4 rings (SSSR count). The summed E-state index contributed by atoms with van der Waals surface area (Å²) in [6.45, 7) is 6.23. The quantitative estimate of drug-likeness (QED) is 0.301. The molecule has 2 heterocycles. The molecule has 0 N–H and O–H groups in total. The molecular formula is C23H23ClN4O2S. The number of fused-ring (bicyclic) bond motifs is 1. The number of ether oxygens (including phenoxy) is 2. The Morgan fingerprint density at radius 3 is 2.45 bits per heavy atom. The van der Waals surface area contributed by atoms with Gasteiger partial charge >= 0.3 is 0 Å². The van der Waals surface area contributed by atoms with E-state index in [2.05, 4.69) is 35.1 Å². The van der Waals surface area contributed by atoms with Gasteiger partial charge in [0.2, 0.25) is 5.16 Å². The largest absolute Gasteiger partial charge is 0.493 e. The van der Waals surface area contributed by atoms with E-state index in [1.165, 1.54) is 0 Å². The Bertz CT molecular complexity index is 1260. The van der Waals surface area contributed by atoms with E-state index in [0.29, 0.717) is 32.9 Å². The van der Waals surface area contributed by atoms with E-state index in [0.717, 1.165) is 27.7 Å². The topological polar surface area (TPSA) is 62.2 Å². The van der Waals surface area contributed by atoms with Crippen LogP contribution >= 0.6 is 23.4 Å². The van der Waals surface area contributed by atoms with Crippen LogP contribution in [0.5, 0.6) is 11.5 Å². The second-order valence-corrected chi connectivity index (χ2v) is 9.32. The van der Waals surface area contributed by atoms with Crippen molar-refractivity contribution in [1.82, 2.24) is 15.2 Å². The van der Waals surface area contributed by atoms with Crippen molar-refractivity contribution >= 4 is 34.1 Å². The molecule has 0 amide bonds. The molecule has 0 bridgehead atoms. The number of halogens is 1. The van der Waals surface area contributed by atoms with Gasteiger partial charge in [0, 0.05) is 26.9 Å². The summed E-state index contributed by atoms with van der Waals surface area (Å²) in [5.41, 5.74) is 2.81. The van der Waals surface area contributed by atoms with Crippen LogP contribution in [0.25, 0.3) is 28.0 Å². The Morgan fingerprint density at radius 2 is 1.77 bits per heavy atom. The maximum Gasteiger partial charge on any atom is 0.256 e. The van der Waals surface area contributed by atoms with Crippen LogP contribution in [-0.2, 0) is 0 Å². The number of hydrogen-bond donors (Lipinski definition) is 0. The molecule has 2 aromatic carbocycles. The first kappa shape index (κ1) is 21.5. The van der Waals surface area contributed by atoms with Crippen LogP contribution in [0, 0.1) is 6.92 Å². The van der Waals surface area contributed by atoms with Gasteiger partial charge in [-0.2, -0.15) is 4.98 Å². The number of thioether (sulfide) groups is 1. The Hall–Kier alpha value is -2.77. The molecular weight excluding hydrogens is 432 g/mol. The minimum Gasteiger partial charge on any atom is -0.493 e. The van der Waals surface area contributed by atoms with E-state index in [1.807, 2.05) is 47.9 Å². The molecule has 0 radical (unpaired) electrons. The third-order valence-corrected chi connectivity index (χ3v) is 5.90. The molecule has 0 aliphatic heterocycles. The molecule has 0 saturated heterocycles. The lowest BCUT2D eigenvalue weighted by atomic mass is 10.0. The number of pyridine rings is 1. The third kappa shape index (κ3) is 4.20. The Kier molecular flexibility index (Phi) is 6.07. The first-order valence-corrected chi connectivity index (χ1v) is 11.1. The van der Waals surface area contributed by atoms with Gasteiger partial charge in [0.25, 0.3) is 5.95 Å². The van der Waals surface area contributed by atoms with Crippen LogP contribution < -0.4 is 19.0 Å². The van der Waals surface area contributed by atoms with Crippen LogP contribution in [0.15, 0.2) is 47.6 Å². The van der Waals surface area contributed by atoms with Gasteiger partial charge in [-0.3, -0.25) is 4.57 Å². The fourth-order valence-corrected chi connectivity index (χ4v) is 4.39. The van der Waals surface area contributed by atoms with Gasteiger partial charge in [0.1, 0.15) is 0 Å². The number of rotatable bonds is 6. The molecule has 0 unspecified atom stereocenters. The fraction of sp³-hybridized carbons (Fsp3) is 0.261. The Labute approximate surface area is 190 Å². The first-order chi connectivity index (χ1) is 14.9. The summed E-state index contributed by atoms with van der Waals surface area (Å²) in [7, 11) is 3.26. The van der Waals surface area contributed by atoms with Gasteiger partial charge in [-0.15, -0.1) is 10.2 Å². The lowest BCUT2D eigenvalue weighted by Crippen LogP contribution is -2.39. The molecule has 0 saturated carbocycles. The lowest BCUT2D eigenvalue weighted by molar-refractivity contribution is -0.598. The average Bonchev–Trinajstić information content (AvgIpc) is 3.18. The lowest BCUT2D eigenvalue weighted by Gasteiger charge is -2.19. The molecule has 0 fully saturated rings. The summed E-state index contributed by atoms with van der Waals surface area (Å²) < 4.78 is 13.1. The monoisotopic (exact) mass is 454 g/mol. The molecule has 0 aliphatic carbocycles. The van der Waals surface area contributed by atoms with Gasteiger partial charge in [0.05, 0.1) is 19.9 Å². The predicted molar refractivity (Wildman–Crippen MR) is 124 cm³/mol. The number of aromatic nitrogens is 4. The molecule has 6 nitrogen and oxygen atoms in total. The van der Waals surface area contributed by atoms with Crippen molar-refractivity contribution in [1.29, 1.82) is 0 Å². The van der Waals surface area contributed by atoms with E-state index in [4.69, 9.17) is 21.1 Å². The number of methoxy groups -OCH3 is 2. The van der Waals surface area contributed by atoms with Gasteiger partial charge in [-0.25, -0.2) is 0 Å². The molecule has 0 atom stereocenters. The van der Waals surface area contributed by atoms with E-state index in [-0.39, 0.29) is 0 Å². The van der Waals surface area contributed by atoms with Crippen LogP contribution in [0.3, 0.4) is 0 Å². The highest BCUT2D eigenvalue weighted by molar-refractivity contribution is 7.99. The highest BCUT2D eigenvalue weighted by atomic mass is 35.5. The number of nitrogens with zero attached hydrogens (tertiary/aromatic N) is 4. The summed E-state index contributed by atoms with van der Waals surface area (Å²) in [5, 5.41) is 12.3. The van der Waals surface area contributed by atoms with E-state index < -0.39 is 0 Å². The maximum atomic E-state index is 6.35. The summed E-state index contributed by atoms with van der Waals surface area (Å²) >= 11 is 7.93. The summed E-state index contributed by atoms with van der Waals surface area (Å²) in [5.74, 6) is 1.84. The number of benzene rings is 2. The van der Waals surface area contributed by atoms with Crippen molar-refractivity contribution in [2.45, 2.75) is 31.2 Å². The van der Waals surface area contributed by atoms with Crippen LogP contribution in [0.1, 0.15) is 19.5 Å². The van der Waals surface area contributed by atoms with Crippen LogP contribution in [0.2, 0.25) is 5.02 Å². The van der Waals surface area contributed by atoms with Gasteiger partial charge < -0.3 is 9.47 Å². The Balaban J connectivity index is 2.06. The summed E-state index contributed by atoms with van der Waals surface area (Å²) in [6.07, 6.45) is 0. The molecule has 4 aromatic rings. The molecule has 0 aliphatic rings. The number of hydrogen-bond acceptors (Lipinski definition) is 5. The second-order valence-electron chi connectivity index (χ2n) is 7.34. The average molecular weight is 455 g/mol. The van der Waals surface area contributed by atoms with Gasteiger partial charge in [-0.05, 0) is 42.6 Å². The van der Waals surface area contributed by atoms with Crippen molar-refractivity contribution in [3.63, 3.8) is 0 Å². The van der Waals surface area contributed by atoms with Gasteiger partial charge in [0.15, 0.2) is 11.5 Å². The van der Waals surface area contributed by atoms with Crippen LogP contribution in [0.4, 0.5) is 0 Å². The normalized spacial score (nSPS) is 11.3. The van der Waals surface area contributed by atoms with E-state index >= 15 is 0 Å². The minimum absolute atomic E-state index is 0.365. The first-order valence-electron chi connectivity index (χ1n) is 9.83. The number of aryl methyl sites for hydroxylation is 1. The zero-order valence-electron chi connectivity index (χ0n) is 18.0. The van der Waals surface area contributed by atoms with Crippen LogP contribution in [-0.4, -0.2) is 29.7 Å². The molecule has 160 valence electrons. The van der Waals surface area contributed by atoms with Gasteiger partial charge in [-0.1, -0.05) is 49.3 Å². The van der Waals surface area contributed by atoms with Crippen molar-refractivity contribution in [3.8, 4) is 28.7 Å². The Morgan fingerprint density at radius 1 is 1.03 bits per heavy atom. The van der Waals surface area contributed by atoms with E-state index in [1.54, 1.807) is 26.0 Å². The molecule has 0 spiro atoms. The molecule has 2 aromatic heterocycles. The predicted octanol–water partition coefficient (Wildman–Crippen LogP) is 5.01. The smallest absolute Gasteiger partial charge is 0.256 e. The highest BCUT2D eigenvalue weighted by Crippen LogP contribution is 2.37. The fourth-order valence-electron chi connectivity index (χ4n) is 3.56. The second kappa shape index (κ2) is 8.77. The van der Waals surface area contributed by atoms with Crippen molar-refractivity contribution in [3.05, 3.63) is 53.2 Å². The highest BCUT2D eigenvalue weighted by Gasteiger charge is 2.19. The zero-order chi connectivity index (χ0) is 22.1. The maximum absolute atomic E-state index is 6.35. The van der Waals surface area contributed by atoms with Crippen molar-refractivity contribution < 1.29 is 14.0 Å². The zero-order valence-corrected chi connectivity index (χ0v) is 19.6. The van der Waals surface area contributed by atoms with E-state index in [9.17, 15) is 0 Å². The SMILES string of the molecule is COc1cc2cc(C)[n+](-c3nnc(SC(C)C)[n-]3)c(-c3cccc(Cl)c3)c2cc1OC. The molecule has 31 heavy (non-hydrogen) atoms. The summed E-state index contributed by atoms with van der Waals surface area (Å²) in [4.78, 5) is 4.69. The summed E-state index contributed by atoms with van der Waals surface area (Å²) in [6, 6.07) is 13.8. The standard InChI is InChI=1S/C23H23ClN4O2S/c1-13(2)31-23-25-22(26-27-23)28-14(3)9-16-11-19(29-4)20(30-5)12-18(16)21(28)15-7-6-8-17(24)10-15/h6-13H,1-5H3. The molecule has 8 heteroatoms. The third-order valence-electron chi connectivity index (χ3n) is 4.81.